The summed E-state index contributed by atoms with van der Waals surface area (Å²) in [6.45, 7) is 4.67. The predicted molar refractivity (Wildman–Crippen MR) is 172 cm³/mol. The second-order valence-electron chi connectivity index (χ2n) is 11.3. The molecule has 2 rings (SSSR count). The number of azide groups is 2. The molecule has 2 fully saturated rings. The number of hydrogen-bond acceptors (Lipinski definition) is 15. The average Bonchev–Trinajstić information content (AvgIpc) is 2.96. The van der Waals surface area contributed by atoms with E-state index in [1.165, 1.54) is 0 Å². The third-order valence-electron chi connectivity index (χ3n) is 6.93. The minimum absolute atomic E-state index is 0. The number of aliphatic hydroxyl groups excluding tert-OH is 8. The number of rotatable bonds is 14. The molecule has 0 aromatic rings. The van der Waals surface area contributed by atoms with Gasteiger partial charge in [0.25, 0.3) is 0 Å². The third kappa shape index (κ3) is 14.1. The van der Waals surface area contributed by atoms with Crippen molar-refractivity contribution in [2.24, 2.45) is 10.2 Å². The smallest absolute Gasteiger partial charge is 0.226 e. The molecular weight excluding hydrogens is 668 g/mol. The van der Waals surface area contributed by atoms with Crippen LogP contribution in [0.15, 0.2) is 10.2 Å². The van der Waals surface area contributed by atoms with Crippen LogP contribution in [0.25, 0.3) is 20.9 Å². The zero-order valence-electron chi connectivity index (χ0n) is 25.9. The Balaban J connectivity index is 0.000000894. The van der Waals surface area contributed by atoms with Crippen molar-refractivity contribution >= 4 is 24.4 Å². The van der Waals surface area contributed by atoms with Crippen LogP contribution >= 0.6 is 18.5 Å². The number of hydrogen-bond donors (Lipinski definition) is 9. The van der Waals surface area contributed by atoms with Gasteiger partial charge in [-0.05, 0) is 38.8 Å². The highest BCUT2D eigenvalue weighted by atomic mass is 31.0. The molecule has 9 N–H and O–H groups in total. The average molecular weight is 720 g/mol. The first kappa shape index (κ1) is 45.5. The lowest BCUT2D eigenvalue weighted by Gasteiger charge is -2.47. The molecule has 0 aromatic carbocycles. The summed E-state index contributed by atoms with van der Waals surface area (Å²) >= 11 is 0. The molecule has 274 valence electrons. The monoisotopic (exact) mass is 719 g/mol. The second kappa shape index (κ2) is 20.9. The maximum atomic E-state index is 11.8. The molecule has 2 aliphatic heterocycles. The van der Waals surface area contributed by atoms with E-state index in [-0.39, 0.29) is 32.0 Å². The Morgan fingerprint density at radius 2 is 1.36 bits per heavy atom. The number of aliphatic hydroxyl groups is 8. The number of carbonyl (C=O) groups is 1. The highest BCUT2D eigenvalue weighted by Crippen LogP contribution is 2.36. The Morgan fingerprint density at radius 1 is 0.915 bits per heavy atom. The molecule has 2 aliphatic rings. The van der Waals surface area contributed by atoms with Crippen LogP contribution in [0.4, 0.5) is 0 Å². The molecule has 16 unspecified atom stereocenters. The normalized spacial score (nSPS) is 34.3. The van der Waals surface area contributed by atoms with Crippen molar-refractivity contribution in [3.8, 4) is 0 Å². The van der Waals surface area contributed by atoms with Crippen molar-refractivity contribution in [3.63, 3.8) is 0 Å². The largest absolute Gasteiger partial charge is 0.394 e. The van der Waals surface area contributed by atoms with Crippen LogP contribution < -0.4 is 5.32 Å². The van der Waals surface area contributed by atoms with Gasteiger partial charge in [-0.2, -0.15) is 0 Å². The topological polar surface area (TPSA) is 325 Å². The molecule has 0 saturated carbocycles. The highest BCUT2D eigenvalue weighted by molar-refractivity contribution is 7.17. The first-order valence-corrected chi connectivity index (χ1v) is 15.6. The maximum absolute atomic E-state index is 11.8. The number of ether oxygens (including phenoxy) is 4. The van der Waals surface area contributed by atoms with Crippen LogP contribution in [-0.2, 0) is 23.7 Å². The van der Waals surface area contributed by atoms with Gasteiger partial charge >= 0.3 is 0 Å². The fraction of sp³-hybridized carbons (Fsp3) is 0.960. The molecule has 0 aromatic heterocycles. The lowest BCUT2D eigenvalue weighted by Crippen LogP contribution is -2.66. The first-order chi connectivity index (χ1) is 21.4. The van der Waals surface area contributed by atoms with Gasteiger partial charge in [-0.3, -0.25) is 4.79 Å². The summed E-state index contributed by atoms with van der Waals surface area (Å²) in [5.41, 5.74) is 16.8. The van der Waals surface area contributed by atoms with Gasteiger partial charge in [0, 0.05) is 22.7 Å². The summed E-state index contributed by atoms with van der Waals surface area (Å²) in [4.78, 5) is 16.9. The van der Waals surface area contributed by atoms with E-state index >= 15 is 0 Å². The van der Waals surface area contributed by atoms with E-state index in [4.69, 9.17) is 40.2 Å². The Bertz CT molecular complexity index is 1060. The van der Waals surface area contributed by atoms with Crippen molar-refractivity contribution in [1.29, 1.82) is 0 Å². The van der Waals surface area contributed by atoms with E-state index in [2.05, 4.69) is 43.8 Å². The standard InChI is InChI=1S/C13H25N4O7P.C11H22N3O6P.CH4/c1-6(25)23-13(2)3-7(19)10(16-9(21)4-15-17-14)12(24-13)11(22)8(20)5-18;1-5(21)19-11(2)3-6(16)8(13-14-12)10(20-11)9(18)7(17)4-15;/h6-8,10-12,18-20,22H,3-5,25H2,1-2H3,(H,16,21);5-10,15-18H,3-4,21H2,1-2H3;1H4. The summed E-state index contributed by atoms with van der Waals surface area (Å²) in [6.07, 6.45) is -10.9. The maximum Gasteiger partial charge on any atom is 0.226 e. The summed E-state index contributed by atoms with van der Waals surface area (Å²) in [7, 11) is 4.81. The van der Waals surface area contributed by atoms with Crippen LogP contribution in [0.1, 0.15) is 48.0 Å². The zero-order chi connectivity index (χ0) is 35.4. The molecule has 0 radical (unpaired) electrons. The van der Waals surface area contributed by atoms with Gasteiger partial charge in [0.2, 0.25) is 5.91 Å². The number of nitrogens with one attached hydrogen (secondary N) is 1. The fourth-order valence-corrected chi connectivity index (χ4v) is 5.69. The van der Waals surface area contributed by atoms with Crippen molar-refractivity contribution in [3.05, 3.63) is 20.9 Å². The number of nitrogens with zero attached hydrogens (tertiary/aromatic N) is 6. The number of amides is 1. The Kier molecular flexibility index (Phi) is 20.2. The molecule has 47 heavy (non-hydrogen) atoms. The van der Waals surface area contributed by atoms with Gasteiger partial charge in [-0.25, -0.2) is 0 Å². The SMILES string of the molecule is C.CC(P)OC1(C)CC(O)C(N=[N+]=[N-])C(C(O)C(O)CO)O1.CC(P)OC1(C)CC(O)C(NC(=O)CN=[N+]=[N-])C(C(O)C(O)CO)O1. The summed E-state index contributed by atoms with van der Waals surface area (Å²) < 4.78 is 22.5. The van der Waals surface area contributed by atoms with Gasteiger partial charge < -0.3 is 65.1 Å². The van der Waals surface area contributed by atoms with Gasteiger partial charge in [0.15, 0.2) is 11.6 Å². The summed E-state index contributed by atoms with van der Waals surface area (Å²) in [5, 5.41) is 87.1. The van der Waals surface area contributed by atoms with Crippen molar-refractivity contribution < 1.29 is 64.6 Å². The molecule has 20 nitrogen and oxygen atoms in total. The summed E-state index contributed by atoms with van der Waals surface area (Å²) in [6, 6.07) is -2.20. The Labute approximate surface area is 277 Å². The first-order valence-electron chi connectivity index (χ1n) is 14.2. The van der Waals surface area contributed by atoms with Crippen molar-refractivity contribution in [1.82, 2.24) is 5.32 Å². The van der Waals surface area contributed by atoms with E-state index in [1.807, 2.05) is 0 Å². The van der Waals surface area contributed by atoms with Crippen molar-refractivity contribution in [2.45, 2.75) is 132 Å². The predicted octanol–water partition coefficient (Wildman–Crippen LogP) is -1.28. The second-order valence-corrected chi connectivity index (χ2v) is 13.2. The molecule has 0 bridgehead atoms. The molecule has 16 atom stereocenters. The Hall–Kier alpha value is -1.53. The molecule has 0 spiro atoms. The van der Waals surface area contributed by atoms with E-state index in [0.29, 0.717) is 0 Å². The third-order valence-corrected chi connectivity index (χ3v) is 7.20. The Morgan fingerprint density at radius 3 is 1.79 bits per heavy atom. The minimum Gasteiger partial charge on any atom is -0.394 e. The fourth-order valence-electron chi connectivity index (χ4n) is 5.11. The lowest BCUT2D eigenvalue weighted by molar-refractivity contribution is -0.314. The lowest BCUT2D eigenvalue weighted by atomic mass is 9.89. The number of carbonyl (C=O) groups excluding carboxylic acids is 1. The van der Waals surface area contributed by atoms with E-state index in [9.17, 15) is 35.4 Å². The molecule has 22 heteroatoms. The van der Waals surface area contributed by atoms with Gasteiger partial charge in [0.1, 0.15) is 43.2 Å². The molecule has 2 saturated heterocycles. The van der Waals surface area contributed by atoms with Gasteiger partial charge in [-0.15, -0.1) is 18.5 Å². The van der Waals surface area contributed by atoms with Crippen LogP contribution in [0.3, 0.4) is 0 Å². The van der Waals surface area contributed by atoms with E-state index in [0.717, 1.165) is 0 Å². The summed E-state index contributed by atoms with van der Waals surface area (Å²) in [5.74, 6) is -3.80. The minimum atomic E-state index is -1.60. The van der Waals surface area contributed by atoms with Crippen molar-refractivity contribution in [2.75, 3.05) is 19.8 Å². The van der Waals surface area contributed by atoms with E-state index in [1.54, 1.807) is 27.7 Å². The van der Waals surface area contributed by atoms with Gasteiger partial charge in [0.05, 0.1) is 49.2 Å². The molecular formula is C25H51N7O13P2. The van der Waals surface area contributed by atoms with Crippen LogP contribution in [-0.4, -0.2) is 151 Å². The van der Waals surface area contributed by atoms with E-state index < -0.39 is 98.2 Å². The molecule has 2 heterocycles. The zero-order valence-corrected chi connectivity index (χ0v) is 28.2. The molecule has 0 aliphatic carbocycles. The van der Waals surface area contributed by atoms with Crippen LogP contribution in [0.5, 0.6) is 0 Å². The molecule has 1 amide bonds. The van der Waals surface area contributed by atoms with Crippen LogP contribution in [0, 0.1) is 0 Å². The quantitative estimate of drug-likeness (QED) is 0.0438. The van der Waals surface area contributed by atoms with Crippen LogP contribution in [0.2, 0.25) is 0 Å². The highest BCUT2D eigenvalue weighted by Gasteiger charge is 2.50. The van der Waals surface area contributed by atoms with Gasteiger partial charge in [-0.1, -0.05) is 17.7 Å².